The lowest BCUT2D eigenvalue weighted by atomic mass is 9.96. The van der Waals surface area contributed by atoms with Gasteiger partial charge in [0.1, 0.15) is 37.0 Å². The molecule has 3 aromatic heterocycles. The molecule has 9 heteroatoms. The molecular weight excluding hydrogens is 414 g/mol. The van der Waals surface area contributed by atoms with Crippen molar-refractivity contribution in [1.29, 1.82) is 0 Å². The van der Waals surface area contributed by atoms with Gasteiger partial charge in [0.05, 0.1) is 5.54 Å². The largest absolute Gasteiger partial charge is 0.263 e. The Kier molecular flexibility index (Phi) is 19.0. The normalized spacial score (nSPS) is 10.3. The van der Waals surface area contributed by atoms with Gasteiger partial charge in [-0.25, -0.2) is 19.6 Å². The molecule has 0 amide bonds. The summed E-state index contributed by atoms with van der Waals surface area (Å²) in [6.45, 7) is 30.8. The number of nitrogens with one attached hydrogen (secondary N) is 2. The minimum absolute atomic E-state index is 0.0660. The van der Waals surface area contributed by atoms with Crippen LogP contribution in [0.3, 0.4) is 0 Å². The molecule has 0 saturated heterocycles. The molecule has 0 aliphatic rings. The van der Waals surface area contributed by atoms with Gasteiger partial charge in [0.2, 0.25) is 0 Å². The Balaban J connectivity index is -0.000000367. The van der Waals surface area contributed by atoms with E-state index >= 15 is 0 Å². The number of hydrogen-bond donors (Lipinski definition) is 2. The molecule has 0 aromatic carbocycles. The van der Waals surface area contributed by atoms with Gasteiger partial charge >= 0.3 is 0 Å². The van der Waals surface area contributed by atoms with E-state index in [1.807, 2.05) is 46.2 Å². The van der Waals surface area contributed by atoms with E-state index in [1.165, 1.54) is 12.7 Å². The first-order valence-electron chi connectivity index (χ1n) is 11.9. The van der Waals surface area contributed by atoms with Crippen molar-refractivity contribution in [2.75, 3.05) is 0 Å². The summed E-state index contributed by atoms with van der Waals surface area (Å²) in [6, 6.07) is 0. The van der Waals surface area contributed by atoms with Crippen LogP contribution in [0.1, 0.15) is 116 Å². The van der Waals surface area contributed by atoms with Gasteiger partial charge in [0, 0.05) is 10.8 Å². The number of nitrogens with zero attached hydrogens (tertiary/aromatic N) is 7. The van der Waals surface area contributed by atoms with E-state index < -0.39 is 0 Å². The lowest BCUT2D eigenvalue weighted by molar-refractivity contribution is 0.354. The fourth-order valence-electron chi connectivity index (χ4n) is 1.69. The van der Waals surface area contributed by atoms with Crippen molar-refractivity contribution in [2.24, 2.45) is 0 Å². The summed E-state index contributed by atoms with van der Waals surface area (Å²) in [7, 11) is 0. The van der Waals surface area contributed by atoms with Crippen LogP contribution in [0.2, 0.25) is 0 Å². The maximum absolute atomic E-state index is 4.02. The molecule has 192 valence electrons. The van der Waals surface area contributed by atoms with Crippen LogP contribution >= 0.6 is 0 Å². The standard InChI is InChI=1S/3C6H11N3.3C2H6/c1-6(2,3)9-5-7-4-8-9;2*1-6(2,3)5-7-4-8-9-5;3*1-2/h4-5H,1-3H3;2*4H,1-3H3,(H,7,8,9);3*1-2H3. The number of hydrogen-bond acceptors (Lipinski definition) is 6. The molecule has 0 radical (unpaired) electrons. The Morgan fingerprint density at radius 3 is 1.09 bits per heavy atom. The van der Waals surface area contributed by atoms with Crippen LogP contribution in [-0.4, -0.2) is 45.1 Å². The van der Waals surface area contributed by atoms with Crippen LogP contribution in [0.15, 0.2) is 25.3 Å². The highest BCUT2D eigenvalue weighted by atomic mass is 15.3. The van der Waals surface area contributed by atoms with Crippen molar-refractivity contribution in [3.8, 4) is 0 Å². The molecule has 0 saturated carbocycles. The van der Waals surface area contributed by atoms with Gasteiger partial charge < -0.3 is 0 Å². The average Bonchev–Trinajstić information content (AvgIpc) is 3.55. The molecule has 3 heterocycles. The monoisotopic (exact) mass is 465 g/mol. The van der Waals surface area contributed by atoms with Crippen molar-refractivity contribution in [3.63, 3.8) is 0 Å². The van der Waals surface area contributed by atoms with E-state index in [0.29, 0.717) is 0 Å². The zero-order chi connectivity index (χ0) is 26.7. The molecule has 0 bridgehead atoms. The highest BCUT2D eigenvalue weighted by Crippen LogP contribution is 2.16. The van der Waals surface area contributed by atoms with Gasteiger partial charge in [0.15, 0.2) is 0 Å². The topological polar surface area (TPSA) is 114 Å². The van der Waals surface area contributed by atoms with E-state index in [9.17, 15) is 0 Å². The minimum Gasteiger partial charge on any atom is -0.263 e. The third-order valence-electron chi connectivity index (χ3n) is 3.36. The Morgan fingerprint density at radius 1 is 0.606 bits per heavy atom. The first kappa shape index (κ1) is 35.0. The Morgan fingerprint density at radius 2 is 0.970 bits per heavy atom. The molecule has 9 nitrogen and oxygen atoms in total. The SMILES string of the molecule is CC.CC.CC.CC(C)(C)c1ncn[nH]1.CC(C)(C)c1ncn[nH]1.CC(C)(C)n1cncn1. The van der Waals surface area contributed by atoms with Gasteiger partial charge in [0.25, 0.3) is 0 Å². The zero-order valence-corrected chi connectivity index (χ0v) is 23.9. The van der Waals surface area contributed by atoms with Crippen LogP contribution in [0.25, 0.3) is 0 Å². The van der Waals surface area contributed by atoms with Crippen LogP contribution in [0.5, 0.6) is 0 Å². The van der Waals surface area contributed by atoms with Crippen molar-refractivity contribution < 1.29 is 0 Å². The molecule has 0 atom stereocenters. The van der Waals surface area contributed by atoms with Crippen LogP contribution in [0.4, 0.5) is 0 Å². The number of aromatic amines is 2. The highest BCUT2D eigenvalue weighted by Gasteiger charge is 2.16. The molecule has 2 N–H and O–H groups in total. The predicted molar refractivity (Wildman–Crippen MR) is 139 cm³/mol. The van der Waals surface area contributed by atoms with Crippen molar-refractivity contribution in [1.82, 2.24) is 45.1 Å². The number of rotatable bonds is 0. The van der Waals surface area contributed by atoms with E-state index in [0.717, 1.165) is 11.6 Å². The summed E-state index contributed by atoms with van der Waals surface area (Å²) < 4.78 is 1.83. The van der Waals surface area contributed by atoms with E-state index in [-0.39, 0.29) is 16.4 Å². The second-order valence-electron chi connectivity index (χ2n) is 9.18. The van der Waals surface area contributed by atoms with Crippen molar-refractivity contribution in [3.05, 3.63) is 37.0 Å². The van der Waals surface area contributed by atoms with E-state index in [1.54, 1.807) is 12.7 Å². The maximum Gasteiger partial charge on any atom is 0.137 e. The summed E-state index contributed by atoms with van der Waals surface area (Å²) in [6.07, 6.45) is 6.33. The van der Waals surface area contributed by atoms with Gasteiger partial charge in [-0.05, 0) is 20.8 Å². The molecule has 0 aliphatic heterocycles. The molecule has 0 aliphatic carbocycles. The van der Waals surface area contributed by atoms with Crippen LogP contribution in [-0.2, 0) is 16.4 Å². The second-order valence-corrected chi connectivity index (χ2v) is 9.18. The predicted octanol–water partition coefficient (Wildman–Crippen LogP) is 6.32. The zero-order valence-electron chi connectivity index (χ0n) is 23.9. The fourth-order valence-corrected chi connectivity index (χ4v) is 1.69. The third-order valence-corrected chi connectivity index (χ3v) is 3.36. The summed E-state index contributed by atoms with van der Waals surface area (Å²) in [5.74, 6) is 1.87. The van der Waals surface area contributed by atoms with E-state index in [2.05, 4.69) is 103 Å². The number of H-pyrrole nitrogens is 2. The first-order valence-corrected chi connectivity index (χ1v) is 11.9. The van der Waals surface area contributed by atoms with Crippen molar-refractivity contribution in [2.45, 2.75) is 120 Å². The van der Waals surface area contributed by atoms with Gasteiger partial charge in [-0.1, -0.05) is 83.1 Å². The Hall–Kier alpha value is -2.58. The average molecular weight is 466 g/mol. The molecule has 0 fully saturated rings. The summed E-state index contributed by atoms with van der Waals surface area (Å²) in [5, 5.41) is 17.1. The molecule has 0 unspecified atom stereocenters. The summed E-state index contributed by atoms with van der Waals surface area (Å²) >= 11 is 0. The minimum atomic E-state index is 0.0660. The quantitative estimate of drug-likeness (QED) is 0.402. The molecule has 33 heavy (non-hydrogen) atoms. The van der Waals surface area contributed by atoms with Gasteiger partial charge in [-0.3, -0.25) is 10.2 Å². The third kappa shape index (κ3) is 16.7. The lowest BCUT2D eigenvalue weighted by Crippen LogP contribution is -2.21. The molecular formula is C24H51N9. The van der Waals surface area contributed by atoms with E-state index in [4.69, 9.17) is 0 Å². The highest BCUT2D eigenvalue weighted by molar-refractivity contribution is 4.97. The van der Waals surface area contributed by atoms with Gasteiger partial charge in [-0.2, -0.15) is 15.3 Å². The van der Waals surface area contributed by atoms with Crippen molar-refractivity contribution >= 4 is 0 Å². The van der Waals surface area contributed by atoms with Crippen LogP contribution in [0, 0.1) is 0 Å². The fraction of sp³-hybridized carbons (Fsp3) is 0.750. The molecule has 0 spiro atoms. The summed E-state index contributed by atoms with van der Waals surface area (Å²) in [5.41, 5.74) is 0.253. The second kappa shape index (κ2) is 17.9. The van der Waals surface area contributed by atoms with Gasteiger partial charge in [-0.15, -0.1) is 0 Å². The molecule has 3 rings (SSSR count). The Bertz CT molecular complexity index is 620. The lowest BCUT2D eigenvalue weighted by Gasteiger charge is -2.17. The summed E-state index contributed by atoms with van der Waals surface area (Å²) in [4.78, 5) is 11.9. The smallest absolute Gasteiger partial charge is 0.137 e. The van der Waals surface area contributed by atoms with Crippen LogP contribution < -0.4 is 0 Å². The maximum atomic E-state index is 4.02. The molecule has 3 aromatic rings. The first-order chi connectivity index (χ1) is 15.3. The Labute approximate surface area is 202 Å². The number of aromatic nitrogens is 9.